The zero-order valence-corrected chi connectivity index (χ0v) is 15.2. The van der Waals surface area contributed by atoms with Gasteiger partial charge >= 0.3 is 0 Å². The number of hydrogen-bond donors (Lipinski definition) is 1. The van der Waals surface area contributed by atoms with Crippen LogP contribution in [0.15, 0.2) is 30.7 Å². The molecule has 1 aliphatic heterocycles. The van der Waals surface area contributed by atoms with E-state index in [4.69, 9.17) is 4.74 Å². The van der Waals surface area contributed by atoms with Crippen LogP contribution in [0.2, 0.25) is 0 Å². The van der Waals surface area contributed by atoms with Crippen molar-refractivity contribution in [1.29, 1.82) is 0 Å². The summed E-state index contributed by atoms with van der Waals surface area (Å²) in [5, 5.41) is 1.29. The van der Waals surface area contributed by atoms with E-state index in [-0.39, 0.29) is 0 Å². The predicted octanol–water partition coefficient (Wildman–Crippen LogP) is 3.54. The molecule has 5 nitrogen and oxygen atoms in total. The van der Waals surface area contributed by atoms with Gasteiger partial charge in [-0.25, -0.2) is 4.98 Å². The van der Waals surface area contributed by atoms with Crippen LogP contribution in [0.25, 0.3) is 22.3 Å². The van der Waals surface area contributed by atoms with Gasteiger partial charge in [-0.2, -0.15) is 0 Å². The molecule has 1 saturated heterocycles. The molecule has 3 heterocycles. The van der Waals surface area contributed by atoms with Gasteiger partial charge < -0.3 is 14.3 Å². The molecule has 0 saturated carbocycles. The molecule has 3 aromatic rings. The fourth-order valence-electron chi connectivity index (χ4n) is 3.79. The van der Waals surface area contributed by atoms with E-state index in [1.807, 2.05) is 12.5 Å². The fourth-order valence-corrected chi connectivity index (χ4v) is 3.79. The molecular formula is C20H26N4O. The Morgan fingerprint density at radius 3 is 2.84 bits per heavy atom. The molecular weight excluding hydrogens is 312 g/mol. The number of nitrogens with one attached hydrogen (secondary N) is 1. The maximum absolute atomic E-state index is 5.46. The van der Waals surface area contributed by atoms with Crippen LogP contribution in [0.5, 0.6) is 0 Å². The van der Waals surface area contributed by atoms with Crippen LogP contribution in [0.3, 0.4) is 0 Å². The lowest BCUT2D eigenvalue weighted by Crippen LogP contribution is -2.39. The lowest BCUT2D eigenvalue weighted by atomic mass is 10.1. The third kappa shape index (κ3) is 3.10. The fraction of sp³-hybridized carbons (Fsp3) is 0.450. The predicted molar refractivity (Wildman–Crippen MR) is 101 cm³/mol. The summed E-state index contributed by atoms with van der Waals surface area (Å²) < 4.78 is 7.75. The van der Waals surface area contributed by atoms with Crippen LogP contribution in [-0.4, -0.2) is 52.3 Å². The largest absolute Gasteiger partial charge is 0.379 e. The number of nitrogens with zero attached hydrogens (tertiary/aromatic N) is 3. The van der Waals surface area contributed by atoms with E-state index in [0.717, 1.165) is 38.5 Å². The second kappa shape index (κ2) is 6.65. The molecule has 0 radical (unpaired) electrons. The molecule has 2 aromatic heterocycles. The first-order chi connectivity index (χ1) is 12.1. The molecule has 132 valence electrons. The van der Waals surface area contributed by atoms with E-state index in [2.05, 4.69) is 58.4 Å². The number of fused-ring (bicyclic) bond motifs is 1. The van der Waals surface area contributed by atoms with Crippen LogP contribution in [-0.2, 0) is 4.74 Å². The number of benzene rings is 1. The van der Waals surface area contributed by atoms with E-state index in [1.165, 1.54) is 27.7 Å². The first-order valence-electron chi connectivity index (χ1n) is 9.04. The number of hydrogen-bond acceptors (Lipinski definition) is 3. The van der Waals surface area contributed by atoms with E-state index < -0.39 is 0 Å². The number of morpholine rings is 1. The SMILES string of the molecule is Cc1ccc2[nH]c(-c3cncn3C(C)CN3CCOCC3)c(C)c2c1. The zero-order chi connectivity index (χ0) is 17.4. The number of ether oxygens (including phenoxy) is 1. The minimum Gasteiger partial charge on any atom is -0.379 e. The Morgan fingerprint density at radius 1 is 1.24 bits per heavy atom. The molecule has 1 N–H and O–H groups in total. The quantitative estimate of drug-likeness (QED) is 0.791. The Labute approximate surface area is 148 Å². The van der Waals surface area contributed by atoms with Gasteiger partial charge in [-0.05, 0) is 38.5 Å². The topological polar surface area (TPSA) is 46.1 Å². The Bertz CT molecular complexity index is 873. The summed E-state index contributed by atoms with van der Waals surface area (Å²) in [6.07, 6.45) is 3.93. The second-order valence-electron chi connectivity index (χ2n) is 7.12. The van der Waals surface area contributed by atoms with Crippen molar-refractivity contribution in [2.45, 2.75) is 26.8 Å². The molecule has 1 aliphatic rings. The van der Waals surface area contributed by atoms with Crippen LogP contribution in [0.4, 0.5) is 0 Å². The van der Waals surface area contributed by atoms with E-state index in [9.17, 15) is 0 Å². The van der Waals surface area contributed by atoms with Gasteiger partial charge in [0.25, 0.3) is 0 Å². The summed E-state index contributed by atoms with van der Waals surface area (Å²) in [7, 11) is 0. The van der Waals surface area contributed by atoms with Crippen LogP contribution >= 0.6 is 0 Å². The highest BCUT2D eigenvalue weighted by Gasteiger charge is 2.19. The number of aryl methyl sites for hydroxylation is 2. The van der Waals surface area contributed by atoms with Crippen molar-refractivity contribution in [1.82, 2.24) is 19.4 Å². The lowest BCUT2D eigenvalue weighted by Gasteiger charge is -2.30. The Hall–Kier alpha value is -2.11. The summed E-state index contributed by atoms with van der Waals surface area (Å²) in [5.41, 5.74) is 6.10. The van der Waals surface area contributed by atoms with E-state index >= 15 is 0 Å². The number of imidazole rings is 1. The minimum absolute atomic E-state index is 0.364. The van der Waals surface area contributed by atoms with Gasteiger partial charge in [0.15, 0.2) is 0 Å². The summed E-state index contributed by atoms with van der Waals surface area (Å²) >= 11 is 0. The van der Waals surface area contributed by atoms with E-state index in [0.29, 0.717) is 6.04 Å². The molecule has 0 aliphatic carbocycles. The summed E-state index contributed by atoms with van der Waals surface area (Å²) in [4.78, 5) is 10.5. The highest BCUT2D eigenvalue weighted by Crippen LogP contribution is 2.31. The average molecular weight is 338 g/mol. The third-order valence-electron chi connectivity index (χ3n) is 5.24. The number of H-pyrrole nitrogens is 1. The summed E-state index contributed by atoms with van der Waals surface area (Å²) in [6, 6.07) is 6.94. The molecule has 1 unspecified atom stereocenters. The molecule has 1 aromatic carbocycles. The Kier molecular flexibility index (Phi) is 4.36. The third-order valence-corrected chi connectivity index (χ3v) is 5.24. The molecule has 4 rings (SSSR count). The maximum Gasteiger partial charge on any atom is 0.0954 e. The van der Waals surface area contributed by atoms with Gasteiger partial charge in [0.1, 0.15) is 0 Å². The van der Waals surface area contributed by atoms with Crippen molar-refractivity contribution in [3.63, 3.8) is 0 Å². The maximum atomic E-state index is 5.46. The van der Waals surface area contributed by atoms with Crippen molar-refractivity contribution in [3.05, 3.63) is 41.9 Å². The van der Waals surface area contributed by atoms with Crippen molar-refractivity contribution in [2.75, 3.05) is 32.8 Å². The van der Waals surface area contributed by atoms with Gasteiger partial charge in [-0.15, -0.1) is 0 Å². The molecule has 0 spiro atoms. The zero-order valence-electron chi connectivity index (χ0n) is 15.2. The average Bonchev–Trinajstić information content (AvgIpc) is 3.21. The highest BCUT2D eigenvalue weighted by atomic mass is 16.5. The van der Waals surface area contributed by atoms with Crippen LogP contribution in [0.1, 0.15) is 24.1 Å². The molecule has 1 atom stereocenters. The molecule has 5 heteroatoms. The van der Waals surface area contributed by atoms with Crippen molar-refractivity contribution >= 4 is 10.9 Å². The van der Waals surface area contributed by atoms with Gasteiger partial charge in [0.05, 0.1) is 37.1 Å². The van der Waals surface area contributed by atoms with Crippen LogP contribution in [0, 0.1) is 13.8 Å². The van der Waals surface area contributed by atoms with Gasteiger partial charge in [-0.1, -0.05) is 11.6 Å². The highest BCUT2D eigenvalue weighted by molar-refractivity contribution is 5.90. The van der Waals surface area contributed by atoms with Crippen molar-refractivity contribution in [3.8, 4) is 11.4 Å². The molecule has 0 amide bonds. The Balaban J connectivity index is 1.66. The lowest BCUT2D eigenvalue weighted by molar-refractivity contribution is 0.0326. The first kappa shape index (κ1) is 16.4. The first-order valence-corrected chi connectivity index (χ1v) is 9.04. The van der Waals surface area contributed by atoms with Crippen LogP contribution < -0.4 is 0 Å². The number of aromatic nitrogens is 3. The molecule has 25 heavy (non-hydrogen) atoms. The summed E-state index contributed by atoms with van der Waals surface area (Å²) in [6.45, 7) is 11.3. The standard InChI is InChI=1S/C20H26N4O/c1-14-4-5-18-17(10-14)16(3)20(22-18)19-11-21-13-24(19)15(2)12-23-6-8-25-9-7-23/h4-5,10-11,13,15,22H,6-9,12H2,1-3H3. The number of rotatable bonds is 4. The summed E-state index contributed by atoms with van der Waals surface area (Å²) in [5.74, 6) is 0. The second-order valence-corrected chi connectivity index (χ2v) is 7.12. The monoisotopic (exact) mass is 338 g/mol. The number of aromatic amines is 1. The van der Waals surface area contributed by atoms with Gasteiger partial charge in [-0.3, -0.25) is 4.90 Å². The van der Waals surface area contributed by atoms with Gasteiger partial charge in [0.2, 0.25) is 0 Å². The minimum atomic E-state index is 0.364. The molecule has 1 fully saturated rings. The smallest absolute Gasteiger partial charge is 0.0954 e. The van der Waals surface area contributed by atoms with Gasteiger partial charge in [0, 0.05) is 36.6 Å². The van der Waals surface area contributed by atoms with Crippen molar-refractivity contribution < 1.29 is 4.74 Å². The van der Waals surface area contributed by atoms with Crippen molar-refractivity contribution in [2.24, 2.45) is 0 Å². The normalized spacial score (nSPS) is 17.2. The molecule has 0 bridgehead atoms. The van der Waals surface area contributed by atoms with E-state index in [1.54, 1.807) is 0 Å². The Morgan fingerprint density at radius 2 is 2.04 bits per heavy atom.